The highest BCUT2D eigenvalue weighted by molar-refractivity contribution is 7.12. The van der Waals surface area contributed by atoms with Crippen molar-refractivity contribution in [3.05, 3.63) is 17.0 Å². The molecule has 0 saturated heterocycles. The molecule has 1 aromatic heterocycles. The summed E-state index contributed by atoms with van der Waals surface area (Å²) in [5.41, 5.74) is 0.908. The Kier molecular flexibility index (Phi) is 2.04. The van der Waals surface area contributed by atoms with Crippen molar-refractivity contribution in [1.82, 2.24) is 5.32 Å². The predicted molar refractivity (Wildman–Crippen MR) is 47.6 cm³/mol. The molecule has 4 heteroatoms. The van der Waals surface area contributed by atoms with Gasteiger partial charge in [0.2, 0.25) is 0 Å². The van der Waals surface area contributed by atoms with E-state index in [0.29, 0.717) is 6.61 Å². The van der Waals surface area contributed by atoms with E-state index in [1.165, 1.54) is 11.3 Å². The molecule has 2 unspecified atom stereocenters. The molecule has 2 heterocycles. The maximum absolute atomic E-state index is 9.77. The number of nitrogens with one attached hydrogen (secondary N) is 1. The Hall–Kier alpha value is -0.580. The number of likely N-dealkylation sites (N-methyl/N-ethyl adjacent to an activating group) is 1. The number of fused-ring (bicyclic) bond motifs is 1. The molecule has 0 saturated carbocycles. The molecule has 3 nitrogen and oxygen atoms in total. The number of hydrogen-bond donors (Lipinski definition) is 2. The number of rotatable bonds is 1. The van der Waals surface area contributed by atoms with Crippen LogP contribution in [0.1, 0.15) is 11.7 Å². The Labute approximate surface area is 75.0 Å². The maximum atomic E-state index is 9.77. The van der Waals surface area contributed by atoms with Gasteiger partial charge in [-0.05, 0) is 18.5 Å². The normalized spacial score (nSPS) is 27.8. The van der Waals surface area contributed by atoms with Gasteiger partial charge in [0.1, 0.15) is 12.7 Å². The van der Waals surface area contributed by atoms with Gasteiger partial charge in [-0.3, -0.25) is 0 Å². The first-order chi connectivity index (χ1) is 5.83. The zero-order valence-corrected chi connectivity index (χ0v) is 7.60. The fraction of sp³-hybridized carbons (Fsp3) is 0.500. The first-order valence-electron chi connectivity index (χ1n) is 3.88. The zero-order valence-electron chi connectivity index (χ0n) is 6.78. The van der Waals surface area contributed by atoms with Crippen LogP contribution in [-0.2, 0) is 0 Å². The predicted octanol–water partition coefficient (Wildman–Crippen LogP) is 0.762. The minimum atomic E-state index is -0.426. The Balaban J connectivity index is 2.29. The fourth-order valence-corrected chi connectivity index (χ4v) is 2.16. The third kappa shape index (κ3) is 1.12. The third-order valence-corrected chi connectivity index (χ3v) is 2.96. The van der Waals surface area contributed by atoms with E-state index in [9.17, 15) is 5.11 Å². The standard InChI is InChI=1S/C8H11NO2S/c1-9-6-4-11-8-5(7(6)10)2-3-12-8/h2-3,6-7,9-10H,4H2,1H3. The van der Waals surface area contributed by atoms with Crippen LogP contribution in [0.4, 0.5) is 0 Å². The average Bonchev–Trinajstić information content (AvgIpc) is 2.53. The van der Waals surface area contributed by atoms with Crippen molar-refractivity contribution < 1.29 is 9.84 Å². The van der Waals surface area contributed by atoms with E-state index >= 15 is 0 Å². The van der Waals surface area contributed by atoms with Gasteiger partial charge in [0, 0.05) is 5.56 Å². The highest BCUT2D eigenvalue weighted by Gasteiger charge is 2.28. The van der Waals surface area contributed by atoms with Gasteiger partial charge in [-0.25, -0.2) is 0 Å². The molecule has 1 aromatic rings. The highest BCUT2D eigenvalue weighted by atomic mass is 32.1. The summed E-state index contributed by atoms with van der Waals surface area (Å²) in [5, 5.41) is 15.6. The smallest absolute Gasteiger partial charge is 0.179 e. The van der Waals surface area contributed by atoms with Gasteiger partial charge in [0.25, 0.3) is 0 Å². The highest BCUT2D eigenvalue weighted by Crippen LogP contribution is 2.36. The van der Waals surface area contributed by atoms with Crippen molar-refractivity contribution in [2.24, 2.45) is 0 Å². The summed E-state index contributed by atoms with van der Waals surface area (Å²) in [6, 6.07) is 1.93. The lowest BCUT2D eigenvalue weighted by Gasteiger charge is -2.27. The maximum Gasteiger partial charge on any atom is 0.179 e. The van der Waals surface area contributed by atoms with Gasteiger partial charge in [0.05, 0.1) is 6.04 Å². The van der Waals surface area contributed by atoms with Gasteiger partial charge >= 0.3 is 0 Å². The van der Waals surface area contributed by atoms with Gasteiger partial charge < -0.3 is 15.2 Å². The minimum absolute atomic E-state index is 0.0205. The molecule has 0 aromatic carbocycles. The Morgan fingerprint density at radius 3 is 3.33 bits per heavy atom. The zero-order chi connectivity index (χ0) is 8.55. The van der Waals surface area contributed by atoms with E-state index in [1.807, 2.05) is 18.5 Å². The summed E-state index contributed by atoms with van der Waals surface area (Å²) in [7, 11) is 1.83. The molecule has 1 aliphatic heterocycles. The lowest BCUT2D eigenvalue weighted by molar-refractivity contribution is 0.0803. The summed E-state index contributed by atoms with van der Waals surface area (Å²) in [4.78, 5) is 0. The molecular formula is C8H11NO2S. The van der Waals surface area contributed by atoms with E-state index in [0.717, 1.165) is 10.6 Å². The lowest BCUT2D eigenvalue weighted by atomic mass is 10.0. The largest absolute Gasteiger partial charge is 0.482 e. The van der Waals surface area contributed by atoms with Crippen molar-refractivity contribution in [2.75, 3.05) is 13.7 Å². The Morgan fingerprint density at radius 1 is 1.75 bits per heavy atom. The third-order valence-electron chi connectivity index (χ3n) is 2.12. The summed E-state index contributed by atoms with van der Waals surface area (Å²) < 4.78 is 5.43. The molecule has 0 amide bonds. The van der Waals surface area contributed by atoms with Crippen LogP contribution in [0.3, 0.4) is 0 Å². The number of hydrogen-bond acceptors (Lipinski definition) is 4. The Morgan fingerprint density at radius 2 is 2.58 bits per heavy atom. The van der Waals surface area contributed by atoms with Crippen LogP contribution in [-0.4, -0.2) is 24.8 Å². The minimum Gasteiger partial charge on any atom is -0.482 e. The molecule has 1 aliphatic rings. The number of aliphatic hydroxyl groups is 1. The second-order valence-corrected chi connectivity index (χ2v) is 3.69. The molecule has 2 N–H and O–H groups in total. The second kappa shape index (κ2) is 3.05. The molecule has 12 heavy (non-hydrogen) atoms. The topological polar surface area (TPSA) is 41.5 Å². The van der Waals surface area contributed by atoms with Crippen molar-refractivity contribution in [3.63, 3.8) is 0 Å². The van der Waals surface area contributed by atoms with E-state index < -0.39 is 6.10 Å². The molecule has 66 valence electrons. The molecule has 0 fully saturated rings. The molecule has 0 aliphatic carbocycles. The first-order valence-corrected chi connectivity index (χ1v) is 4.76. The van der Waals surface area contributed by atoms with Gasteiger partial charge in [-0.1, -0.05) is 0 Å². The van der Waals surface area contributed by atoms with E-state index in [-0.39, 0.29) is 6.04 Å². The Bertz CT molecular complexity index is 274. The quantitative estimate of drug-likeness (QED) is 0.678. The molecule has 0 spiro atoms. The second-order valence-electron chi connectivity index (χ2n) is 2.81. The van der Waals surface area contributed by atoms with Gasteiger partial charge in [-0.15, -0.1) is 11.3 Å². The van der Waals surface area contributed by atoms with Crippen LogP contribution in [0.15, 0.2) is 11.4 Å². The van der Waals surface area contributed by atoms with Crippen LogP contribution in [0, 0.1) is 0 Å². The van der Waals surface area contributed by atoms with E-state index in [2.05, 4.69) is 5.32 Å². The summed E-state index contributed by atoms with van der Waals surface area (Å²) >= 11 is 1.53. The SMILES string of the molecule is CNC1COc2sccc2C1O. The summed E-state index contributed by atoms with van der Waals surface area (Å²) in [6.45, 7) is 0.547. The fourth-order valence-electron chi connectivity index (χ4n) is 1.36. The first kappa shape index (κ1) is 8.04. The van der Waals surface area contributed by atoms with Crippen molar-refractivity contribution >= 4 is 11.3 Å². The van der Waals surface area contributed by atoms with Crippen molar-refractivity contribution in [3.8, 4) is 5.06 Å². The number of ether oxygens (including phenoxy) is 1. The van der Waals surface area contributed by atoms with Crippen LogP contribution < -0.4 is 10.1 Å². The average molecular weight is 185 g/mol. The molecule has 0 bridgehead atoms. The molecule has 2 atom stereocenters. The van der Waals surface area contributed by atoms with Gasteiger partial charge in [0.15, 0.2) is 5.06 Å². The monoisotopic (exact) mass is 185 g/mol. The summed E-state index contributed by atoms with van der Waals surface area (Å²) in [6.07, 6.45) is -0.426. The van der Waals surface area contributed by atoms with Crippen LogP contribution in [0.5, 0.6) is 5.06 Å². The molecule has 0 radical (unpaired) electrons. The summed E-state index contributed by atoms with van der Waals surface area (Å²) in [5.74, 6) is 0. The van der Waals surface area contributed by atoms with E-state index in [4.69, 9.17) is 4.74 Å². The number of thiophene rings is 1. The molecular weight excluding hydrogens is 174 g/mol. The molecule has 2 rings (SSSR count). The van der Waals surface area contributed by atoms with E-state index in [1.54, 1.807) is 0 Å². The van der Waals surface area contributed by atoms with Crippen LogP contribution in [0.2, 0.25) is 0 Å². The van der Waals surface area contributed by atoms with Crippen LogP contribution >= 0.6 is 11.3 Å². The van der Waals surface area contributed by atoms with Crippen molar-refractivity contribution in [1.29, 1.82) is 0 Å². The van der Waals surface area contributed by atoms with Crippen LogP contribution in [0.25, 0.3) is 0 Å². The van der Waals surface area contributed by atoms with Crippen molar-refractivity contribution in [2.45, 2.75) is 12.1 Å². The van der Waals surface area contributed by atoms with Gasteiger partial charge in [-0.2, -0.15) is 0 Å². The lowest BCUT2D eigenvalue weighted by Crippen LogP contribution is -2.40. The number of aliphatic hydroxyl groups excluding tert-OH is 1.